The Morgan fingerprint density at radius 3 is 0.793 bits per heavy atom. The number of rotatable bonds is 24. The van der Waals surface area contributed by atoms with Gasteiger partial charge in [0.2, 0.25) is 5.14 Å². The Morgan fingerprint density at radius 1 is 0.345 bits per heavy atom. The van der Waals surface area contributed by atoms with Crippen LogP contribution in [-0.2, 0) is 19.4 Å². The first kappa shape index (κ1) is 28.8. The van der Waals surface area contributed by atoms with Crippen LogP contribution in [0.4, 0.5) is 0 Å². The normalized spacial score (nSPS) is 12.0. The zero-order chi connectivity index (χ0) is 21.5. The van der Waals surface area contributed by atoms with Gasteiger partial charge in [-0.05, 0) is 25.7 Å². The van der Waals surface area contributed by atoms with Crippen molar-refractivity contribution in [1.82, 2.24) is 0 Å². The van der Waals surface area contributed by atoms with Crippen molar-refractivity contribution in [3.05, 3.63) is 0 Å². The third-order valence-corrected chi connectivity index (χ3v) is 4.99. The van der Waals surface area contributed by atoms with Crippen molar-refractivity contribution in [3.8, 4) is 0 Å². The van der Waals surface area contributed by atoms with Crippen LogP contribution in [0.3, 0.4) is 0 Å². The van der Waals surface area contributed by atoms with Crippen LogP contribution in [0.2, 0.25) is 0 Å². The van der Waals surface area contributed by atoms with Gasteiger partial charge in [0.15, 0.2) is 0 Å². The predicted molar refractivity (Wildman–Crippen MR) is 121 cm³/mol. The van der Waals surface area contributed by atoms with E-state index in [0.29, 0.717) is 26.4 Å². The van der Waals surface area contributed by atoms with Crippen molar-refractivity contribution in [2.45, 2.75) is 130 Å². The van der Waals surface area contributed by atoms with Gasteiger partial charge in [-0.15, -0.1) is 0 Å². The van der Waals surface area contributed by atoms with E-state index in [9.17, 15) is 0 Å². The summed E-state index contributed by atoms with van der Waals surface area (Å²) >= 11 is 0. The Labute approximate surface area is 181 Å². The molecular formula is C24H52NO4+. The van der Waals surface area contributed by atoms with Crippen LogP contribution in [0.25, 0.3) is 0 Å². The van der Waals surface area contributed by atoms with Gasteiger partial charge in [-0.1, -0.05) is 124 Å². The second-order valence-corrected chi connectivity index (χ2v) is 8.02. The highest BCUT2D eigenvalue weighted by Gasteiger charge is 2.38. The highest BCUT2D eigenvalue weighted by atomic mass is 17.4. The smallest absolute Gasteiger partial charge is 0.0964 e. The summed E-state index contributed by atoms with van der Waals surface area (Å²) in [6.45, 7) is 11.3. The molecule has 0 rings (SSSR count). The van der Waals surface area contributed by atoms with Crippen molar-refractivity contribution in [1.29, 1.82) is 0 Å². The van der Waals surface area contributed by atoms with Gasteiger partial charge in [0.05, 0.1) is 0 Å². The molecule has 0 unspecified atom stereocenters. The van der Waals surface area contributed by atoms with Crippen molar-refractivity contribution in [2.75, 3.05) is 26.4 Å². The largest absolute Gasteiger partial charge is 0.247 e. The molecule has 0 radical (unpaired) electrons. The Morgan fingerprint density at radius 2 is 0.586 bits per heavy atom. The fourth-order valence-corrected chi connectivity index (χ4v) is 3.04. The Balaban J connectivity index is 4.69. The molecule has 0 amide bonds. The molecule has 5 heteroatoms. The van der Waals surface area contributed by atoms with Crippen LogP contribution in [-0.4, -0.2) is 31.6 Å². The Bertz CT molecular complexity index is 254. The third kappa shape index (κ3) is 18.3. The maximum atomic E-state index is 6.07. The lowest BCUT2D eigenvalue weighted by atomic mass is 10.2. The SMILES string of the molecule is CCCCCCO[N+](OCCCCCC)(OCCCCCC)OCCCCCC. The topological polar surface area (TPSA) is 36.9 Å². The maximum absolute atomic E-state index is 6.07. The van der Waals surface area contributed by atoms with Crippen LogP contribution in [0.1, 0.15) is 130 Å². The molecule has 0 spiro atoms. The third-order valence-electron chi connectivity index (χ3n) is 4.99. The molecule has 0 aliphatic rings. The minimum Gasteiger partial charge on any atom is -0.0964 e. The van der Waals surface area contributed by atoms with Crippen LogP contribution in [0, 0.1) is 0 Å². The summed E-state index contributed by atoms with van der Waals surface area (Å²) in [5.41, 5.74) is 0. The summed E-state index contributed by atoms with van der Waals surface area (Å²) < 4.78 is 0. The molecule has 0 saturated heterocycles. The second kappa shape index (κ2) is 22.5. The monoisotopic (exact) mass is 418 g/mol. The van der Waals surface area contributed by atoms with Gasteiger partial charge in [-0.25, -0.2) is 0 Å². The van der Waals surface area contributed by atoms with Crippen molar-refractivity contribution < 1.29 is 24.5 Å². The van der Waals surface area contributed by atoms with E-state index in [0.717, 1.165) is 25.7 Å². The summed E-state index contributed by atoms with van der Waals surface area (Å²) in [6.07, 6.45) is 18.5. The van der Waals surface area contributed by atoms with Gasteiger partial charge in [-0.2, -0.15) is 0 Å². The van der Waals surface area contributed by atoms with Crippen molar-refractivity contribution >= 4 is 0 Å². The molecule has 0 aromatic carbocycles. The molecular weight excluding hydrogens is 366 g/mol. The lowest BCUT2D eigenvalue weighted by molar-refractivity contribution is -1.47. The first-order chi connectivity index (χ1) is 14.2. The zero-order valence-electron chi connectivity index (χ0n) is 20.2. The summed E-state index contributed by atoms with van der Waals surface area (Å²) in [5.74, 6) is 0. The molecule has 0 aromatic rings. The predicted octanol–water partition coefficient (Wildman–Crippen LogP) is 7.85. The maximum Gasteiger partial charge on any atom is 0.247 e. The number of nitrogens with zero attached hydrogens (tertiary/aromatic N) is 1. The van der Waals surface area contributed by atoms with Gasteiger partial charge in [0, 0.05) is 0 Å². The minimum absolute atomic E-state index is 0.531. The number of hydrogen-bond donors (Lipinski definition) is 0. The average Bonchev–Trinajstić information content (AvgIpc) is 2.73. The Hall–Kier alpha value is -0.200. The molecule has 5 nitrogen and oxygen atoms in total. The number of quaternary nitrogens is 1. The van der Waals surface area contributed by atoms with Crippen LogP contribution in [0.5, 0.6) is 0 Å². The molecule has 0 aliphatic carbocycles. The molecule has 0 aromatic heterocycles. The molecule has 0 N–H and O–H groups in total. The number of hydrogen-bond acceptors (Lipinski definition) is 4. The fraction of sp³-hybridized carbons (Fsp3) is 1.00. The fourth-order valence-electron chi connectivity index (χ4n) is 3.04. The zero-order valence-corrected chi connectivity index (χ0v) is 20.2. The first-order valence-electron chi connectivity index (χ1n) is 12.7. The molecule has 0 heterocycles. The number of unbranched alkanes of at least 4 members (excludes halogenated alkanes) is 12. The molecule has 0 fully saturated rings. The minimum atomic E-state index is -0.531. The Kier molecular flexibility index (Phi) is 22.3. The molecule has 0 aliphatic heterocycles. The van der Waals surface area contributed by atoms with Crippen LogP contribution in [0.15, 0.2) is 0 Å². The van der Waals surface area contributed by atoms with Gasteiger partial charge in [-0.3, -0.25) is 0 Å². The summed E-state index contributed by atoms with van der Waals surface area (Å²) in [7, 11) is 0. The van der Waals surface area contributed by atoms with Crippen molar-refractivity contribution in [2.24, 2.45) is 0 Å². The van der Waals surface area contributed by atoms with E-state index < -0.39 is 5.14 Å². The van der Waals surface area contributed by atoms with E-state index in [1.54, 1.807) is 0 Å². The molecule has 29 heavy (non-hydrogen) atoms. The van der Waals surface area contributed by atoms with Crippen LogP contribution < -0.4 is 0 Å². The van der Waals surface area contributed by atoms with Gasteiger partial charge in [0.1, 0.15) is 26.4 Å². The molecule has 0 saturated carbocycles. The van der Waals surface area contributed by atoms with E-state index in [-0.39, 0.29) is 0 Å². The summed E-state index contributed by atoms with van der Waals surface area (Å²) in [5, 5.41) is -0.531. The highest BCUT2D eigenvalue weighted by molar-refractivity contribution is 4.39. The lowest BCUT2D eigenvalue weighted by Crippen LogP contribution is -2.48. The summed E-state index contributed by atoms with van der Waals surface area (Å²) in [6, 6.07) is 0. The average molecular weight is 419 g/mol. The quantitative estimate of drug-likeness (QED) is 0.0908. The van der Waals surface area contributed by atoms with E-state index >= 15 is 0 Å². The standard InChI is InChI=1S/C24H52NO4/c1-5-9-13-17-21-26-25(27-22-18-14-10-6-2,28-23-19-15-11-7-3)29-24-20-16-12-8-4/h5-24H2,1-4H3/q+1. The highest BCUT2D eigenvalue weighted by Crippen LogP contribution is 2.18. The lowest BCUT2D eigenvalue weighted by Gasteiger charge is -2.26. The van der Waals surface area contributed by atoms with E-state index in [2.05, 4.69) is 27.7 Å². The first-order valence-corrected chi connectivity index (χ1v) is 12.7. The summed E-state index contributed by atoms with van der Waals surface area (Å²) in [4.78, 5) is 24.3. The van der Waals surface area contributed by atoms with E-state index in [1.807, 2.05) is 0 Å². The molecule has 176 valence electrons. The van der Waals surface area contributed by atoms with Gasteiger partial charge < -0.3 is 0 Å². The molecule has 0 bridgehead atoms. The van der Waals surface area contributed by atoms with Crippen molar-refractivity contribution in [3.63, 3.8) is 0 Å². The van der Waals surface area contributed by atoms with Crippen LogP contribution >= 0.6 is 0 Å². The van der Waals surface area contributed by atoms with E-state index in [1.165, 1.54) is 77.0 Å². The molecule has 0 atom stereocenters. The van der Waals surface area contributed by atoms with E-state index in [4.69, 9.17) is 19.4 Å². The van der Waals surface area contributed by atoms with Gasteiger partial charge in [0.25, 0.3) is 0 Å². The second-order valence-electron chi connectivity index (χ2n) is 8.02. The van der Waals surface area contributed by atoms with Gasteiger partial charge >= 0.3 is 0 Å².